The number of rotatable bonds is 0. The quantitative estimate of drug-likeness (QED) is 0.524. The van der Waals surface area contributed by atoms with Crippen LogP contribution in [-0.2, 0) is 0 Å². The molecule has 3 heteroatoms. The topological polar surface area (TPSA) is 15.3 Å². The summed E-state index contributed by atoms with van der Waals surface area (Å²) in [6, 6.07) is 1.75. The van der Waals surface area contributed by atoms with Crippen LogP contribution in [0.15, 0.2) is 0 Å². The largest absolute Gasteiger partial charge is 0.311 e. The van der Waals surface area contributed by atoms with Crippen LogP contribution < -0.4 is 5.32 Å². The molecule has 0 aromatic rings. The molecule has 1 aliphatic carbocycles. The van der Waals surface area contributed by atoms with Gasteiger partial charge < -0.3 is 10.2 Å². The molecule has 2 fully saturated rings. The third kappa shape index (κ3) is 1.20. The maximum Gasteiger partial charge on any atom is 0.0262 e. The minimum atomic E-state index is 0. The van der Waals surface area contributed by atoms with Gasteiger partial charge in [-0.25, -0.2) is 0 Å². The van der Waals surface area contributed by atoms with Gasteiger partial charge in [-0.2, -0.15) is 0 Å². The third-order valence-corrected chi connectivity index (χ3v) is 2.19. The van der Waals surface area contributed by atoms with Crippen molar-refractivity contribution in [3.8, 4) is 0 Å². The van der Waals surface area contributed by atoms with Crippen molar-refractivity contribution in [1.29, 1.82) is 0 Å². The van der Waals surface area contributed by atoms with E-state index in [4.69, 9.17) is 0 Å². The van der Waals surface area contributed by atoms with Gasteiger partial charge in [0.15, 0.2) is 0 Å². The lowest BCUT2D eigenvalue weighted by Crippen LogP contribution is -2.41. The molecule has 0 bridgehead atoms. The Kier molecular flexibility index (Phi) is 1.99. The minimum Gasteiger partial charge on any atom is -0.311 e. The summed E-state index contributed by atoms with van der Waals surface area (Å²) in [5.41, 5.74) is 0. The van der Waals surface area contributed by atoms with E-state index >= 15 is 0 Å². The SMILES string of the molecule is CN1CCNC2CC21.Cl. The molecular formula is C6H13ClN2. The van der Waals surface area contributed by atoms with Crippen LogP contribution in [-0.4, -0.2) is 37.1 Å². The van der Waals surface area contributed by atoms with Crippen LogP contribution in [0.1, 0.15) is 6.42 Å². The summed E-state index contributed by atoms with van der Waals surface area (Å²) in [4.78, 5) is 2.45. The van der Waals surface area contributed by atoms with Gasteiger partial charge in [0.2, 0.25) is 0 Å². The summed E-state index contributed by atoms with van der Waals surface area (Å²) in [5, 5.41) is 3.44. The van der Waals surface area contributed by atoms with Gasteiger partial charge in [-0.05, 0) is 13.5 Å². The van der Waals surface area contributed by atoms with Crippen molar-refractivity contribution in [2.75, 3.05) is 20.1 Å². The summed E-state index contributed by atoms with van der Waals surface area (Å²) < 4.78 is 0. The second-order valence-electron chi connectivity index (χ2n) is 2.84. The van der Waals surface area contributed by atoms with Crippen LogP contribution in [0.2, 0.25) is 0 Å². The van der Waals surface area contributed by atoms with Crippen LogP contribution in [0.4, 0.5) is 0 Å². The molecule has 1 aliphatic heterocycles. The van der Waals surface area contributed by atoms with E-state index in [9.17, 15) is 0 Å². The zero-order chi connectivity index (χ0) is 5.56. The van der Waals surface area contributed by atoms with E-state index in [1.54, 1.807) is 0 Å². The average molecular weight is 149 g/mol. The van der Waals surface area contributed by atoms with E-state index in [-0.39, 0.29) is 12.4 Å². The molecule has 54 valence electrons. The maximum atomic E-state index is 3.44. The fourth-order valence-electron chi connectivity index (χ4n) is 1.48. The number of nitrogens with zero attached hydrogens (tertiary/aromatic N) is 1. The fraction of sp³-hybridized carbons (Fsp3) is 1.00. The Bertz CT molecular complexity index is 107. The lowest BCUT2D eigenvalue weighted by molar-refractivity contribution is 0.279. The highest BCUT2D eigenvalue weighted by atomic mass is 35.5. The number of nitrogens with one attached hydrogen (secondary N) is 1. The first kappa shape index (κ1) is 7.32. The van der Waals surface area contributed by atoms with Gasteiger partial charge in [-0.3, -0.25) is 0 Å². The first-order valence-corrected chi connectivity index (χ1v) is 3.31. The van der Waals surface area contributed by atoms with E-state index in [0.29, 0.717) is 0 Å². The highest BCUT2D eigenvalue weighted by molar-refractivity contribution is 5.85. The van der Waals surface area contributed by atoms with Crippen molar-refractivity contribution in [3.05, 3.63) is 0 Å². The predicted molar refractivity (Wildman–Crippen MR) is 40.1 cm³/mol. The zero-order valence-electron chi connectivity index (χ0n) is 5.63. The normalized spacial score (nSPS) is 41.0. The Balaban J connectivity index is 0.000000405. The first-order chi connectivity index (χ1) is 3.88. The number of fused-ring (bicyclic) bond motifs is 1. The van der Waals surface area contributed by atoms with Gasteiger partial charge in [-0.15, -0.1) is 12.4 Å². The Hall–Kier alpha value is 0.210. The maximum absolute atomic E-state index is 3.44. The van der Waals surface area contributed by atoms with E-state index in [1.807, 2.05) is 0 Å². The zero-order valence-corrected chi connectivity index (χ0v) is 6.45. The summed E-state index contributed by atoms with van der Waals surface area (Å²) in [6.07, 6.45) is 1.39. The average Bonchev–Trinajstić information content (AvgIpc) is 2.45. The number of piperazine rings is 1. The molecule has 1 heterocycles. The van der Waals surface area contributed by atoms with Gasteiger partial charge in [0.25, 0.3) is 0 Å². The van der Waals surface area contributed by atoms with Crippen LogP contribution in [0.3, 0.4) is 0 Å². The van der Waals surface area contributed by atoms with Gasteiger partial charge in [-0.1, -0.05) is 0 Å². The van der Waals surface area contributed by atoms with Crippen molar-refractivity contribution in [2.45, 2.75) is 18.5 Å². The van der Waals surface area contributed by atoms with Gasteiger partial charge in [0, 0.05) is 25.2 Å². The number of halogens is 1. The molecule has 2 unspecified atom stereocenters. The van der Waals surface area contributed by atoms with Gasteiger partial charge in [0.1, 0.15) is 0 Å². The summed E-state index contributed by atoms with van der Waals surface area (Å²) in [7, 11) is 2.21. The molecule has 2 rings (SSSR count). The highest BCUT2D eigenvalue weighted by Gasteiger charge is 2.41. The fourth-order valence-corrected chi connectivity index (χ4v) is 1.48. The van der Waals surface area contributed by atoms with E-state index in [2.05, 4.69) is 17.3 Å². The first-order valence-electron chi connectivity index (χ1n) is 3.31. The Morgan fingerprint density at radius 1 is 1.56 bits per heavy atom. The predicted octanol–water partition coefficient (Wildman–Crippen LogP) is 0.0841. The van der Waals surface area contributed by atoms with Gasteiger partial charge >= 0.3 is 0 Å². The molecule has 1 saturated heterocycles. The van der Waals surface area contributed by atoms with E-state index in [1.165, 1.54) is 19.5 Å². The van der Waals surface area contributed by atoms with Crippen molar-refractivity contribution in [3.63, 3.8) is 0 Å². The van der Waals surface area contributed by atoms with Crippen LogP contribution in [0.5, 0.6) is 0 Å². The summed E-state index contributed by atoms with van der Waals surface area (Å²) in [6.45, 7) is 2.43. The summed E-state index contributed by atoms with van der Waals surface area (Å²) >= 11 is 0. The molecule has 2 nitrogen and oxygen atoms in total. The molecule has 0 radical (unpaired) electrons. The second kappa shape index (κ2) is 2.45. The Labute approximate surface area is 62.0 Å². The Morgan fingerprint density at radius 3 is 2.89 bits per heavy atom. The number of hydrogen-bond acceptors (Lipinski definition) is 2. The molecule has 1 N–H and O–H groups in total. The van der Waals surface area contributed by atoms with E-state index in [0.717, 1.165) is 12.1 Å². The van der Waals surface area contributed by atoms with Crippen LogP contribution >= 0.6 is 12.4 Å². The lowest BCUT2D eigenvalue weighted by Gasteiger charge is -2.21. The van der Waals surface area contributed by atoms with E-state index < -0.39 is 0 Å². The molecule has 0 spiro atoms. The molecule has 2 atom stereocenters. The molecular weight excluding hydrogens is 136 g/mol. The molecule has 0 aromatic heterocycles. The number of hydrogen-bond donors (Lipinski definition) is 1. The molecule has 2 aliphatic rings. The van der Waals surface area contributed by atoms with Crippen LogP contribution in [0, 0.1) is 0 Å². The standard InChI is InChI=1S/C6H12N2.ClH/c1-8-3-2-7-5-4-6(5)8;/h5-7H,2-4H2,1H3;1H. The third-order valence-electron chi connectivity index (χ3n) is 2.19. The molecule has 9 heavy (non-hydrogen) atoms. The monoisotopic (exact) mass is 148 g/mol. The van der Waals surface area contributed by atoms with Crippen molar-refractivity contribution < 1.29 is 0 Å². The van der Waals surface area contributed by atoms with Crippen molar-refractivity contribution in [2.24, 2.45) is 0 Å². The van der Waals surface area contributed by atoms with Crippen molar-refractivity contribution >= 4 is 12.4 Å². The smallest absolute Gasteiger partial charge is 0.0262 e. The van der Waals surface area contributed by atoms with Crippen molar-refractivity contribution in [1.82, 2.24) is 10.2 Å². The Morgan fingerprint density at radius 2 is 2.33 bits per heavy atom. The summed E-state index contributed by atoms with van der Waals surface area (Å²) in [5.74, 6) is 0. The second-order valence-corrected chi connectivity index (χ2v) is 2.84. The lowest BCUT2D eigenvalue weighted by atomic mass is 10.4. The van der Waals surface area contributed by atoms with Gasteiger partial charge in [0.05, 0.1) is 0 Å². The van der Waals surface area contributed by atoms with Crippen LogP contribution in [0.25, 0.3) is 0 Å². The molecule has 1 saturated carbocycles. The molecule has 0 aromatic carbocycles. The minimum absolute atomic E-state index is 0. The highest BCUT2D eigenvalue weighted by Crippen LogP contribution is 2.28. The molecule has 0 amide bonds. The number of likely N-dealkylation sites (N-methyl/N-ethyl adjacent to an activating group) is 1.